The Morgan fingerprint density at radius 1 is 1.00 bits per heavy atom. The van der Waals surface area contributed by atoms with Gasteiger partial charge in [0, 0.05) is 6.54 Å². The summed E-state index contributed by atoms with van der Waals surface area (Å²) < 4.78 is 37.6. The van der Waals surface area contributed by atoms with Gasteiger partial charge in [0.05, 0.1) is 16.9 Å². The van der Waals surface area contributed by atoms with E-state index in [1.807, 2.05) is 30.3 Å². The molecule has 2 rings (SSSR count). The first-order valence-electron chi connectivity index (χ1n) is 6.71. The number of halogens is 3. The van der Waals surface area contributed by atoms with Gasteiger partial charge >= 0.3 is 6.18 Å². The molecule has 0 atom stereocenters. The van der Waals surface area contributed by atoms with Crippen LogP contribution in [0.3, 0.4) is 0 Å². The van der Waals surface area contributed by atoms with Gasteiger partial charge in [0.1, 0.15) is 0 Å². The van der Waals surface area contributed by atoms with Gasteiger partial charge in [-0.25, -0.2) is 0 Å². The minimum atomic E-state index is -4.36. The molecule has 2 aromatic carbocycles. The van der Waals surface area contributed by atoms with Gasteiger partial charge in [-0.1, -0.05) is 30.3 Å². The molecule has 0 radical (unpaired) electrons. The minimum absolute atomic E-state index is 0.115. The lowest BCUT2D eigenvalue weighted by molar-refractivity contribution is -0.137. The molecule has 0 aliphatic rings. The first-order valence-corrected chi connectivity index (χ1v) is 6.71. The summed E-state index contributed by atoms with van der Waals surface area (Å²) in [7, 11) is 0. The number of hydrogen-bond acceptors (Lipinski definition) is 2. The lowest BCUT2D eigenvalue weighted by Crippen LogP contribution is -2.09. The second kappa shape index (κ2) is 6.52. The fraction of sp³-hybridized carbons (Fsp3) is 0.250. The summed E-state index contributed by atoms with van der Waals surface area (Å²) >= 11 is 0. The summed E-state index contributed by atoms with van der Waals surface area (Å²) in [6.07, 6.45) is -2.57. The van der Waals surface area contributed by atoms with Gasteiger partial charge in [-0.05, 0) is 36.6 Å². The summed E-state index contributed by atoms with van der Waals surface area (Å²) in [5.74, 6) is 0. The largest absolute Gasteiger partial charge is 0.416 e. The molecule has 0 aromatic heterocycles. The Labute approximate surface area is 121 Å². The summed E-state index contributed by atoms with van der Waals surface area (Å²) in [6, 6.07) is 13.4. The molecule has 0 fully saturated rings. The molecule has 112 valence electrons. The molecule has 0 bridgehead atoms. The smallest absolute Gasteiger partial charge is 0.397 e. The molecule has 0 unspecified atom stereocenters. The summed E-state index contributed by atoms with van der Waals surface area (Å²) in [5, 5.41) is 3.07. The van der Waals surface area contributed by atoms with E-state index >= 15 is 0 Å². The Balaban J connectivity index is 1.86. The molecule has 2 aromatic rings. The van der Waals surface area contributed by atoms with Crippen molar-refractivity contribution in [3.8, 4) is 0 Å². The average molecular weight is 294 g/mol. The van der Waals surface area contributed by atoms with Crippen LogP contribution < -0.4 is 11.1 Å². The van der Waals surface area contributed by atoms with Crippen molar-refractivity contribution in [1.29, 1.82) is 0 Å². The molecule has 0 amide bonds. The van der Waals surface area contributed by atoms with E-state index in [0.29, 0.717) is 12.2 Å². The van der Waals surface area contributed by atoms with Gasteiger partial charge in [0.2, 0.25) is 0 Å². The lowest BCUT2D eigenvalue weighted by Gasteiger charge is -2.12. The monoisotopic (exact) mass is 294 g/mol. The van der Waals surface area contributed by atoms with Crippen molar-refractivity contribution in [2.75, 3.05) is 17.6 Å². The van der Waals surface area contributed by atoms with Crippen LogP contribution in [0, 0.1) is 0 Å². The highest BCUT2D eigenvalue weighted by atomic mass is 19.4. The summed E-state index contributed by atoms with van der Waals surface area (Å²) in [4.78, 5) is 0. The van der Waals surface area contributed by atoms with Crippen molar-refractivity contribution in [1.82, 2.24) is 0 Å². The Morgan fingerprint density at radius 3 is 2.33 bits per heavy atom. The average Bonchev–Trinajstić information content (AvgIpc) is 2.45. The van der Waals surface area contributed by atoms with Crippen molar-refractivity contribution >= 4 is 11.4 Å². The highest BCUT2D eigenvalue weighted by Gasteiger charge is 2.30. The van der Waals surface area contributed by atoms with Crippen LogP contribution in [0.2, 0.25) is 0 Å². The molecule has 21 heavy (non-hydrogen) atoms. The predicted octanol–water partition coefficient (Wildman–Crippen LogP) is 4.33. The number of alkyl halides is 3. The molecule has 0 aliphatic carbocycles. The number of anilines is 2. The predicted molar refractivity (Wildman–Crippen MR) is 79.1 cm³/mol. The van der Waals surface area contributed by atoms with E-state index in [2.05, 4.69) is 5.32 Å². The van der Waals surface area contributed by atoms with Crippen molar-refractivity contribution in [2.24, 2.45) is 0 Å². The Kier molecular flexibility index (Phi) is 4.73. The number of benzene rings is 2. The van der Waals surface area contributed by atoms with Crippen molar-refractivity contribution < 1.29 is 13.2 Å². The van der Waals surface area contributed by atoms with E-state index in [-0.39, 0.29) is 5.69 Å². The number of rotatable bonds is 5. The van der Waals surface area contributed by atoms with Gasteiger partial charge in [0.15, 0.2) is 0 Å². The molecule has 0 saturated carbocycles. The van der Waals surface area contributed by atoms with Gasteiger partial charge < -0.3 is 11.1 Å². The van der Waals surface area contributed by atoms with Crippen LogP contribution in [-0.2, 0) is 12.6 Å². The summed E-state index contributed by atoms with van der Waals surface area (Å²) in [6.45, 7) is 0.657. The van der Waals surface area contributed by atoms with Crippen LogP contribution in [0.1, 0.15) is 17.5 Å². The highest BCUT2D eigenvalue weighted by molar-refractivity contribution is 5.67. The Hall–Kier alpha value is -2.17. The maximum Gasteiger partial charge on any atom is 0.416 e. The molecule has 2 nitrogen and oxygen atoms in total. The molecule has 0 heterocycles. The van der Waals surface area contributed by atoms with Gasteiger partial charge in [-0.15, -0.1) is 0 Å². The molecule has 3 N–H and O–H groups in total. The van der Waals surface area contributed by atoms with Crippen molar-refractivity contribution in [2.45, 2.75) is 19.0 Å². The molecule has 0 spiro atoms. The van der Waals surface area contributed by atoms with Crippen LogP contribution in [0.4, 0.5) is 24.5 Å². The Bertz CT molecular complexity index is 580. The Morgan fingerprint density at radius 2 is 1.71 bits per heavy atom. The second-order valence-corrected chi connectivity index (χ2v) is 4.82. The van der Waals surface area contributed by atoms with Gasteiger partial charge in [0.25, 0.3) is 0 Å². The number of nitrogens with one attached hydrogen (secondary N) is 1. The minimum Gasteiger partial charge on any atom is -0.397 e. The van der Waals surface area contributed by atoms with Crippen LogP contribution in [0.25, 0.3) is 0 Å². The third-order valence-electron chi connectivity index (χ3n) is 3.18. The van der Waals surface area contributed by atoms with Crippen LogP contribution >= 0.6 is 0 Å². The molecule has 0 saturated heterocycles. The van der Waals surface area contributed by atoms with Gasteiger partial charge in [-0.3, -0.25) is 0 Å². The third-order valence-corrected chi connectivity index (χ3v) is 3.18. The van der Waals surface area contributed by atoms with Crippen LogP contribution in [0.5, 0.6) is 0 Å². The first-order chi connectivity index (χ1) is 9.97. The SMILES string of the molecule is Nc1cc(C(F)(F)F)ccc1NCCCc1ccccc1. The zero-order valence-electron chi connectivity index (χ0n) is 11.5. The lowest BCUT2D eigenvalue weighted by atomic mass is 10.1. The number of hydrogen-bond donors (Lipinski definition) is 2. The highest BCUT2D eigenvalue weighted by Crippen LogP contribution is 2.32. The zero-order valence-corrected chi connectivity index (χ0v) is 11.5. The second-order valence-electron chi connectivity index (χ2n) is 4.82. The number of aryl methyl sites for hydroxylation is 1. The van der Waals surface area contributed by atoms with E-state index in [0.717, 1.165) is 25.0 Å². The molecular weight excluding hydrogens is 277 g/mol. The summed E-state index contributed by atoms with van der Waals surface area (Å²) in [5.41, 5.74) is 6.81. The van der Waals surface area contributed by atoms with Crippen molar-refractivity contribution in [3.63, 3.8) is 0 Å². The van der Waals surface area contributed by atoms with E-state index in [1.54, 1.807) is 0 Å². The van der Waals surface area contributed by atoms with E-state index in [1.165, 1.54) is 11.6 Å². The maximum absolute atomic E-state index is 12.5. The van der Waals surface area contributed by atoms with E-state index in [4.69, 9.17) is 5.73 Å². The van der Waals surface area contributed by atoms with Crippen LogP contribution in [-0.4, -0.2) is 6.54 Å². The molecular formula is C16H17F3N2. The quantitative estimate of drug-likeness (QED) is 0.636. The topological polar surface area (TPSA) is 38.0 Å². The fourth-order valence-electron chi connectivity index (χ4n) is 2.06. The molecule has 5 heteroatoms. The zero-order chi connectivity index (χ0) is 15.3. The van der Waals surface area contributed by atoms with E-state index < -0.39 is 11.7 Å². The number of nitrogen functional groups attached to an aromatic ring is 1. The normalized spacial score (nSPS) is 11.4. The van der Waals surface area contributed by atoms with Crippen LogP contribution in [0.15, 0.2) is 48.5 Å². The fourth-order valence-corrected chi connectivity index (χ4v) is 2.06. The number of nitrogens with two attached hydrogens (primary N) is 1. The third kappa shape index (κ3) is 4.41. The van der Waals surface area contributed by atoms with Gasteiger partial charge in [-0.2, -0.15) is 13.2 Å². The van der Waals surface area contributed by atoms with Crippen molar-refractivity contribution in [3.05, 3.63) is 59.7 Å². The first kappa shape index (κ1) is 15.2. The standard InChI is InChI=1S/C16H17F3N2/c17-16(18,19)13-8-9-15(14(20)11-13)21-10-4-7-12-5-2-1-3-6-12/h1-3,5-6,8-9,11,21H,4,7,10,20H2. The maximum atomic E-state index is 12.5. The molecule has 0 aliphatic heterocycles. The van der Waals surface area contributed by atoms with E-state index in [9.17, 15) is 13.2 Å².